The van der Waals surface area contributed by atoms with E-state index in [9.17, 15) is 13.2 Å². The van der Waals surface area contributed by atoms with E-state index >= 15 is 0 Å². The number of carbonyl (C=O) groups is 1. The summed E-state index contributed by atoms with van der Waals surface area (Å²) in [7, 11) is -3.50. The molecule has 1 aliphatic rings. The molecule has 2 aromatic carbocycles. The van der Waals surface area contributed by atoms with Crippen LogP contribution in [0, 0.1) is 5.92 Å². The van der Waals surface area contributed by atoms with Crippen LogP contribution in [-0.2, 0) is 15.8 Å². The van der Waals surface area contributed by atoms with E-state index in [-0.39, 0.29) is 10.8 Å². The maximum absolute atomic E-state index is 12.9. The zero-order valence-corrected chi connectivity index (χ0v) is 20.1. The highest BCUT2D eigenvalue weighted by molar-refractivity contribution is 7.98. The zero-order chi connectivity index (χ0) is 23.3. The molecule has 0 bridgehead atoms. The fraction of sp³-hybridized carbons (Fsp3) is 0.280. The SMILES string of the molecule is CC1CCN(S(=O)(=O)c2ccc(NC(=O)c3ccc(SCc4cccnc4)cc3)cc2)CC1. The van der Waals surface area contributed by atoms with E-state index < -0.39 is 10.0 Å². The van der Waals surface area contributed by atoms with Crippen molar-refractivity contribution in [1.29, 1.82) is 0 Å². The molecule has 0 aliphatic carbocycles. The lowest BCUT2D eigenvalue weighted by Crippen LogP contribution is -2.37. The van der Waals surface area contributed by atoms with Crippen molar-refractivity contribution in [3.05, 3.63) is 84.2 Å². The van der Waals surface area contributed by atoms with Gasteiger partial charge in [0.15, 0.2) is 0 Å². The predicted molar refractivity (Wildman–Crippen MR) is 132 cm³/mol. The first-order valence-electron chi connectivity index (χ1n) is 10.9. The van der Waals surface area contributed by atoms with Crippen molar-refractivity contribution in [2.24, 2.45) is 5.92 Å². The Morgan fingerprint density at radius 1 is 1.06 bits per heavy atom. The van der Waals surface area contributed by atoms with E-state index in [4.69, 9.17) is 0 Å². The van der Waals surface area contributed by atoms with Crippen LogP contribution < -0.4 is 5.32 Å². The Kier molecular flexibility index (Phi) is 7.47. The van der Waals surface area contributed by atoms with Crippen LogP contribution in [0.5, 0.6) is 0 Å². The first kappa shape index (κ1) is 23.5. The van der Waals surface area contributed by atoms with E-state index in [0.29, 0.717) is 30.3 Å². The number of rotatable bonds is 7. The topological polar surface area (TPSA) is 79.4 Å². The Bertz CT molecular complexity index is 1170. The third kappa shape index (κ3) is 6.01. The van der Waals surface area contributed by atoms with Crippen molar-refractivity contribution in [3.63, 3.8) is 0 Å². The number of thioether (sulfide) groups is 1. The summed E-state index contributed by atoms with van der Waals surface area (Å²) in [6.07, 6.45) is 5.36. The van der Waals surface area contributed by atoms with Gasteiger partial charge in [-0.05, 0) is 78.9 Å². The fourth-order valence-electron chi connectivity index (χ4n) is 3.64. The van der Waals surface area contributed by atoms with Crippen molar-refractivity contribution in [2.45, 2.75) is 35.3 Å². The normalized spacial score (nSPS) is 15.3. The lowest BCUT2D eigenvalue weighted by atomic mass is 10.0. The summed E-state index contributed by atoms with van der Waals surface area (Å²) in [6, 6.07) is 17.8. The Morgan fingerprint density at radius 2 is 1.76 bits per heavy atom. The number of benzene rings is 2. The van der Waals surface area contributed by atoms with E-state index in [1.54, 1.807) is 58.7 Å². The number of aromatic nitrogens is 1. The lowest BCUT2D eigenvalue weighted by Gasteiger charge is -2.29. The molecule has 172 valence electrons. The van der Waals surface area contributed by atoms with Gasteiger partial charge in [0, 0.05) is 47.4 Å². The molecule has 8 heteroatoms. The molecule has 1 aliphatic heterocycles. The summed E-state index contributed by atoms with van der Waals surface area (Å²) >= 11 is 1.68. The Labute approximate surface area is 199 Å². The molecule has 1 N–H and O–H groups in total. The average Bonchev–Trinajstić information content (AvgIpc) is 2.84. The number of pyridine rings is 1. The summed E-state index contributed by atoms with van der Waals surface area (Å²) in [5, 5.41) is 2.84. The minimum absolute atomic E-state index is 0.237. The first-order chi connectivity index (χ1) is 15.9. The van der Waals surface area contributed by atoms with Gasteiger partial charge in [-0.25, -0.2) is 8.42 Å². The third-order valence-corrected chi connectivity index (χ3v) is 8.73. The predicted octanol–water partition coefficient (Wildman–Crippen LogP) is 5.05. The Hall–Kier alpha value is -2.68. The second kappa shape index (κ2) is 10.5. The van der Waals surface area contributed by atoms with Gasteiger partial charge in [0.2, 0.25) is 10.0 Å². The van der Waals surface area contributed by atoms with Crippen LogP contribution in [0.25, 0.3) is 0 Å². The number of hydrogen-bond donors (Lipinski definition) is 1. The number of piperidine rings is 1. The average molecular weight is 482 g/mol. The molecular weight excluding hydrogens is 454 g/mol. The second-order valence-electron chi connectivity index (χ2n) is 8.24. The zero-order valence-electron chi connectivity index (χ0n) is 18.5. The van der Waals surface area contributed by atoms with Gasteiger partial charge in [-0.3, -0.25) is 9.78 Å². The van der Waals surface area contributed by atoms with Crippen LogP contribution in [0.3, 0.4) is 0 Å². The van der Waals surface area contributed by atoms with Crippen LogP contribution >= 0.6 is 11.8 Å². The molecule has 1 fully saturated rings. The minimum atomic E-state index is -3.50. The van der Waals surface area contributed by atoms with Crippen molar-refractivity contribution in [1.82, 2.24) is 9.29 Å². The molecule has 0 unspecified atom stereocenters. The van der Waals surface area contributed by atoms with Crippen molar-refractivity contribution < 1.29 is 13.2 Å². The molecule has 0 radical (unpaired) electrons. The molecule has 6 nitrogen and oxygen atoms in total. The highest BCUT2D eigenvalue weighted by Crippen LogP contribution is 2.25. The van der Waals surface area contributed by atoms with Gasteiger partial charge in [-0.2, -0.15) is 4.31 Å². The largest absolute Gasteiger partial charge is 0.322 e. The summed E-state index contributed by atoms with van der Waals surface area (Å²) < 4.78 is 27.3. The molecule has 0 atom stereocenters. The second-order valence-corrected chi connectivity index (χ2v) is 11.2. The fourth-order valence-corrected chi connectivity index (χ4v) is 5.94. The number of amides is 1. The van der Waals surface area contributed by atoms with Gasteiger partial charge in [0.25, 0.3) is 5.91 Å². The number of sulfonamides is 1. The number of anilines is 1. The number of hydrogen-bond acceptors (Lipinski definition) is 5. The van der Waals surface area contributed by atoms with Crippen LogP contribution in [0.2, 0.25) is 0 Å². The van der Waals surface area contributed by atoms with E-state index in [1.807, 2.05) is 30.5 Å². The molecule has 0 saturated carbocycles. The molecule has 0 spiro atoms. The maximum Gasteiger partial charge on any atom is 0.255 e. The van der Waals surface area contributed by atoms with Gasteiger partial charge < -0.3 is 5.32 Å². The van der Waals surface area contributed by atoms with Gasteiger partial charge >= 0.3 is 0 Å². The summed E-state index contributed by atoms with van der Waals surface area (Å²) in [5.74, 6) is 1.13. The number of nitrogens with one attached hydrogen (secondary N) is 1. The van der Waals surface area contributed by atoms with E-state index in [0.717, 1.165) is 29.1 Å². The first-order valence-corrected chi connectivity index (χ1v) is 13.4. The molecule has 2 heterocycles. The van der Waals surface area contributed by atoms with Gasteiger partial charge in [0.05, 0.1) is 4.90 Å². The highest BCUT2D eigenvalue weighted by atomic mass is 32.2. The van der Waals surface area contributed by atoms with Gasteiger partial charge in [-0.15, -0.1) is 11.8 Å². The summed E-state index contributed by atoms with van der Waals surface area (Å²) in [6.45, 7) is 3.26. The Morgan fingerprint density at radius 3 is 2.39 bits per heavy atom. The van der Waals surface area contributed by atoms with Crippen LogP contribution in [0.15, 0.2) is 82.8 Å². The highest BCUT2D eigenvalue weighted by Gasteiger charge is 2.27. The molecule has 1 aromatic heterocycles. The van der Waals surface area contributed by atoms with Crippen LogP contribution in [0.4, 0.5) is 5.69 Å². The van der Waals surface area contributed by atoms with Crippen molar-refractivity contribution >= 4 is 33.4 Å². The quantitative estimate of drug-likeness (QED) is 0.478. The number of carbonyl (C=O) groups excluding carboxylic acids is 1. The van der Waals surface area contributed by atoms with Crippen molar-refractivity contribution in [3.8, 4) is 0 Å². The van der Waals surface area contributed by atoms with Crippen LogP contribution in [-0.4, -0.2) is 36.7 Å². The molecule has 4 rings (SSSR count). The standard InChI is InChI=1S/C25H27N3O3S2/c1-19-12-15-28(16-13-19)33(30,31)24-10-6-22(7-11-24)27-25(29)21-4-8-23(9-5-21)32-18-20-3-2-14-26-17-20/h2-11,14,17,19H,12-13,15-16,18H2,1H3,(H,27,29). The van der Waals surface area contributed by atoms with Gasteiger partial charge in [0.1, 0.15) is 0 Å². The molecule has 33 heavy (non-hydrogen) atoms. The monoisotopic (exact) mass is 481 g/mol. The Balaban J connectivity index is 1.34. The lowest BCUT2D eigenvalue weighted by molar-refractivity contribution is 0.102. The number of nitrogens with zero attached hydrogens (tertiary/aromatic N) is 2. The van der Waals surface area contributed by atoms with E-state index in [2.05, 4.69) is 17.2 Å². The molecular formula is C25H27N3O3S2. The van der Waals surface area contributed by atoms with Crippen LogP contribution in [0.1, 0.15) is 35.7 Å². The maximum atomic E-state index is 12.9. The van der Waals surface area contributed by atoms with Crippen molar-refractivity contribution in [2.75, 3.05) is 18.4 Å². The summed E-state index contributed by atoms with van der Waals surface area (Å²) in [4.78, 5) is 18.1. The molecule has 3 aromatic rings. The smallest absolute Gasteiger partial charge is 0.255 e. The summed E-state index contributed by atoms with van der Waals surface area (Å²) in [5.41, 5.74) is 2.24. The third-order valence-electron chi connectivity index (χ3n) is 5.74. The van der Waals surface area contributed by atoms with Gasteiger partial charge in [-0.1, -0.05) is 13.0 Å². The molecule has 1 saturated heterocycles. The minimum Gasteiger partial charge on any atom is -0.322 e. The molecule has 1 amide bonds. The van der Waals surface area contributed by atoms with E-state index in [1.165, 1.54) is 0 Å².